The normalized spacial score (nSPS) is 19.9. The van der Waals surface area contributed by atoms with Gasteiger partial charge in [0.15, 0.2) is 5.76 Å². The summed E-state index contributed by atoms with van der Waals surface area (Å²) in [5, 5.41) is 11.6. The van der Waals surface area contributed by atoms with Crippen molar-refractivity contribution in [1.82, 2.24) is 25.7 Å². The zero-order valence-electron chi connectivity index (χ0n) is 24.8. The van der Waals surface area contributed by atoms with Gasteiger partial charge in [0.25, 0.3) is 11.8 Å². The largest absolute Gasteiger partial charge is 0.496 e. The van der Waals surface area contributed by atoms with Crippen LogP contribution >= 0.6 is 11.3 Å². The van der Waals surface area contributed by atoms with E-state index in [-0.39, 0.29) is 48.9 Å². The second-order valence-corrected chi connectivity index (χ2v) is 12.3. The van der Waals surface area contributed by atoms with Crippen LogP contribution in [-0.4, -0.2) is 72.5 Å². The lowest BCUT2D eigenvalue weighted by Gasteiger charge is -2.40. The number of halogens is 1. The maximum atomic E-state index is 14.4. The summed E-state index contributed by atoms with van der Waals surface area (Å²) < 4.78 is 35.6. The molecule has 1 saturated heterocycles. The molecule has 0 spiro atoms. The fraction of sp³-hybridized carbons (Fsp3) is 0.516. The molecular formula is C31H38FN5O5S. The quantitative estimate of drug-likeness (QED) is 0.277. The SMILES string of the molecule is CCc1onc(OCCOCc2ncc(C3=C(C(=O)N(Cc4cccc(OC)c4C)C4CC4)[C@H]4CNC[C@@H](C3)N4)s2)c1F. The van der Waals surface area contributed by atoms with Crippen molar-refractivity contribution in [2.75, 3.05) is 33.4 Å². The van der Waals surface area contributed by atoms with E-state index < -0.39 is 5.82 Å². The molecule has 1 saturated carbocycles. The summed E-state index contributed by atoms with van der Waals surface area (Å²) in [4.78, 5) is 22.1. The van der Waals surface area contributed by atoms with Gasteiger partial charge in [0.05, 0.1) is 31.2 Å². The number of aryl methyl sites for hydroxylation is 1. The van der Waals surface area contributed by atoms with Crippen molar-refractivity contribution >= 4 is 22.8 Å². The highest BCUT2D eigenvalue weighted by molar-refractivity contribution is 7.12. The van der Waals surface area contributed by atoms with Gasteiger partial charge in [-0.25, -0.2) is 4.98 Å². The van der Waals surface area contributed by atoms with E-state index in [1.54, 1.807) is 25.4 Å². The topological polar surface area (TPSA) is 111 Å². The molecule has 3 aliphatic rings. The first-order valence-corrected chi connectivity index (χ1v) is 15.7. The van der Waals surface area contributed by atoms with E-state index >= 15 is 0 Å². The number of benzene rings is 1. The van der Waals surface area contributed by atoms with E-state index in [1.165, 1.54) is 0 Å². The number of ether oxygens (including phenoxy) is 3. The van der Waals surface area contributed by atoms with Crippen molar-refractivity contribution in [2.24, 2.45) is 0 Å². The maximum Gasteiger partial charge on any atom is 0.291 e. The Kier molecular flexibility index (Phi) is 9.08. The summed E-state index contributed by atoms with van der Waals surface area (Å²) >= 11 is 1.55. The van der Waals surface area contributed by atoms with Crippen molar-refractivity contribution in [3.63, 3.8) is 0 Å². The number of nitrogens with one attached hydrogen (secondary N) is 2. The van der Waals surface area contributed by atoms with Gasteiger partial charge in [-0.1, -0.05) is 19.1 Å². The molecule has 2 atom stereocenters. The number of methoxy groups -OCH3 is 1. The molecule has 1 amide bonds. The monoisotopic (exact) mass is 611 g/mol. The zero-order valence-corrected chi connectivity index (χ0v) is 25.6. The molecule has 2 aliphatic heterocycles. The van der Waals surface area contributed by atoms with Gasteiger partial charge >= 0.3 is 0 Å². The van der Waals surface area contributed by atoms with E-state index in [2.05, 4.69) is 31.7 Å². The lowest BCUT2D eigenvalue weighted by molar-refractivity contribution is -0.128. The Morgan fingerprint density at radius 3 is 2.88 bits per heavy atom. The second-order valence-electron chi connectivity index (χ2n) is 11.2. The Bertz CT molecular complexity index is 1480. The van der Waals surface area contributed by atoms with E-state index in [1.807, 2.05) is 25.3 Å². The first-order chi connectivity index (χ1) is 21.0. The van der Waals surface area contributed by atoms with Gasteiger partial charge in [0.1, 0.15) is 17.4 Å². The third-order valence-corrected chi connectivity index (χ3v) is 9.30. The fourth-order valence-electron chi connectivity index (χ4n) is 5.82. The van der Waals surface area contributed by atoms with Crippen molar-refractivity contribution in [3.05, 3.63) is 62.6 Å². The number of fused-ring (bicyclic) bond motifs is 2. The molecule has 230 valence electrons. The Balaban J connectivity index is 1.17. The average Bonchev–Trinajstić information content (AvgIpc) is 3.64. The molecule has 4 heterocycles. The van der Waals surface area contributed by atoms with Crippen LogP contribution in [0.15, 0.2) is 34.5 Å². The molecule has 2 N–H and O–H groups in total. The zero-order chi connectivity index (χ0) is 29.9. The Labute approximate surface area is 254 Å². The van der Waals surface area contributed by atoms with Crippen LogP contribution in [0, 0.1) is 12.7 Å². The highest BCUT2D eigenvalue weighted by Gasteiger charge is 2.41. The Hall–Kier alpha value is -3.32. The summed E-state index contributed by atoms with van der Waals surface area (Å²) in [7, 11) is 1.68. The van der Waals surface area contributed by atoms with Crippen LogP contribution in [0.5, 0.6) is 11.6 Å². The van der Waals surface area contributed by atoms with Gasteiger partial charge in [0.2, 0.25) is 5.82 Å². The van der Waals surface area contributed by atoms with Gasteiger partial charge in [-0.15, -0.1) is 11.3 Å². The Morgan fingerprint density at radius 1 is 1.26 bits per heavy atom. The number of rotatable bonds is 13. The van der Waals surface area contributed by atoms with Crippen molar-refractivity contribution in [3.8, 4) is 11.6 Å². The molecule has 0 unspecified atom stereocenters. The number of amides is 1. The average molecular weight is 612 g/mol. The van der Waals surface area contributed by atoms with Crippen molar-refractivity contribution in [1.29, 1.82) is 0 Å². The second kappa shape index (κ2) is 13.1. The molecule has 1 aliphatic carbocycles. The number of nitrogens with zero attached hydrogens (tertiary/aromatic N) is 3. The van der Waals surface area contributed by atoms with Gasteiger partial charge in [-0.3, -0.25) is 4.79 Å². The number of piperazine rings is 1. The van der Waals surface area contributed by atoms with Crippen LogP contribution in [-0.2, 0) is 29.1 Å². The summed E-state index contributed by atoms with van der Waals surface area (Å²) in [6.45, 7) is 6.63. The van der Waals surface area contributed by atoms with Gasteiger partial charge in [-0.05, 0) is 54.1 Å². The highest BCUT2D eigenvalue weighted by atomic mass is 32.1. The first kappa shape index (κ1) is 29.7. The minimum atomic E-state index is -0.563. The smallest absolute Gasteiger partial charge is 0.291 e. The molecule has 2 fully saturated rings. The number of hydrogen-bond donors (Lipinski definition) is 2. The minimum absolute atomic E-state index is 0.0632. The predicted octanol–water partition coefficient (Wildman–Crippen LogP) is 4.02. The third-order valence-electron chi connectivity index (χ3n) is 8.27. The van der Waals surface area contributed by atoms with Crippen LogP contribution in [0.25, 0.3) is 5.57 Å². The number of carbonyl (C=O) groups excluding carboxylic acids is 1. The van der Waals surface area contributed by atoms with Crippen LogP contribution in [0.2, 0.25) is 0 Å². The number of thiazole rings is 1. The molecule has 1 aromatic carbocycles. The summed E-state index contributed by atoms with van der Waals surface area (Å²) in [5.74, 6) is 0.391. The molecule has 43 heavy (non-hydrogen) atoms. The first-order valence-electron chi connectivity index (χ1n) is 14.9. The Morgan fingerprint density at radius 2 is 2.12 bits per heavy atom. The van der Waals surface area contributed by atoms with Gasteiger partial charge in [-0.2, -0.15) is 4.39 Å². The van der Waals surface area contributed by atoms with Gasteiger partial charge in [0, 0.05) is 49.9 Å². The molecule has 3 aromatic rings. The van der Waals surface area contributed by atoms with Crippen molar-refractivity contribution < 1.29 is 27.9 Å². The predicted molar refractivity (Wildman–Crippen MR) is 160 cm³/mol. The number of carbonyl (C=O) groups is 1. The molecule has 10 nitrogen and oxygen atoms in total. The maximum absolute atomic E-state index is 14.4. The third kappa shape index (κ3) is 6.47. The van der Waals surface area contributed by atoms with E-state index in [0.29, 0.717) is 26.1 Å². The van der Waals surface area contributed by atoms with Crippen LogP contribution in [0.4, 0.5) is 4.39 Å². The molecule has 6 rings (SSSR count). The number of aromatic nitrogens is 2. The molecular weight excluding hydrogens is 573 g/mol. The molecule has 2 bridgehead atoms. The van der Waals surface area contributed by atoms with E-state index in [9.17, 15) is 9.18 Å². The minimum Gasteiger partial charge on any atom is -0.496 e. The number of hydrogen-bond acceptors (Lipinski definition) is 10. The van der Waals surface area contributed by atoms with Crippen LogP contribution in [0.1, 0.15) is 53.0 Å². The van der Waals surface area contributed by atoms with Gasteiger partial charge < -0.3 is 34.3 Å². The molecule has 2 aromatic heterocycles. The lowest BCUT2D eigenvalue weighted by atomic mass is 9.86. The fourth-order valence-corrected chi connectivity index (χ4v) is 6.74. The van der Waals surface area contributed by atoms with E-state index in [0.717, 1.165) is 63.7 Å². The summed E-state index contributed by atoms with van der Waals surface area (Å²) in [6.07, 6.45) is 5.06. The van der Waals surface area contributed by atoms with Crippen LogP contribution < -0.4 is 20.1 Å². The van der Waals surface area contributed by atoms with Crippen molar-refractivity contribution in [2.45, 2.75) is 70.8 Å². The standard InChI is InChI=1S/C31H38FN5O5S/c1-4-24-29(32)30(36-42-24)41-11-10-40-17-27-34-15-26(43-27)22-12-20-13-33-14-23(35-20)28(22)31(38)37(21-8-9-21)16-19-6-5-7-25(39-3)18(19)2/h5-7,15,20-21,23,33,35H,4,8-14,16-17H2,1-3H3/t20-,23-/m1/s1. The highest BCUT2D eigenvalue weighted by Crippen LogP contribution is 2.38. The molecule has 0 radical (unpaired) electrons. The summed E-state index contributed by atoms with van der Waals surface area (Å²) in [6, 6.07) is 6.46. The summed E-state index contributed by atoms with van der Waals surface area (Å²) in [5.41, 5.74) is 4.08. The molecule has 12 heteroatoms. The van der Waals surface area contributed by atoms with E-state index in [4.69, 9.17) is 18.7 Å². The lowest BCUT2D eigenvalue weighted by Crippen LogP contribution is -2.59. The van der Waals surface area contributed by atoms with Crippen LogP contribution in [0.3, 0.4) is 0 Å².